The van der Waals surface area contributed by atoms with Gasteiger partial charge in [0.25, 0.3) is 0 Å². The fraction of sp³-hybridized carbons (Fsp3) is 0.118. The Morgan fingerprint density at radius 1 is 0.962 bits per heavy atom. The van der Waals surface area contributed by atoms with Gasteiger partial charge in [-0.15, -0.1) is 0 Å². The Balaban J connectivity index is 2.02. The summed E-state index contributed by atoms with van der Waals surface area (Å²) in [6, 6.07) is 9.09. The van der Waals surface area contributed by atoms with E-state index < -0.39 is 0 Å². The summed E-state index contributed by atoms with van der Waals surface area (Å²) in [5.74, 6) is 0.984. The van der Waals surface area contributed by atoms with E-state index in [9.17, 15) is 0 Å². The lowest BCUT2D eigenvalue weighted by molar-refractivity contribution is 0.784. The Morgan fingerprint density at radius 2 is 1.73 bits per heavy atom. The van der Waals surface area contributed by atoms with E-state index in [4.69, 9.17) is 28.1 Å². The standard InChI is InChI=1S/C17H15ClN8/c1-2-26-14(11-7-8-21-16(19)22-11)23-13-12(24-17(20)25-15(13)26)9-3-5-10(18)6-4-9/h3-8H,2H2,1H3,(H2,19,21,22)(H2,20,24,25). The molecule has 4 N–H and O–H groups in total. The molecule has 4 aromatic rings. The van der Waals surface area contributed by atoms with Gasteiger partial charge >= 0.3 is 0 Å². The Kier molecular flexibility index (Phi) is 3.89. The highest BCUT2D eigenvalue weighted by atomic mass is 35.5. The molecule has 0 amide bonds. The molecule has 0 aliphatic heterocycles. The van der Waals surface area contributed by atoms with Crippen LogP contribution in [-0.2, 0) is 6.54 Å². The van der Waals surface area contributed by atoms with Crippen LogP contribution in [0, 0.1) is 0 Å². The zero-order valence-corrected chi connectivity index (χ0v) is 14.6. The highest BCUT2D eigenvalue weighted by molar-refractivity contribution is 6.30. The Hall–Kier alpha value is -3.26. The molecular weight excluding hydrogens is 352 g/mol. The SMILES string of the molecule is CCn1c(-c2ccnc(N)n2)nc2c(-c3ccc(Cl)cc3)nc(N)nc21. The molecule has 3 heterocycles. The minimum absolute atomic E-state index is 0.172. The van der Waals surface area contributed by atoms with Crippen molar-refractivity contribution in [2.45, 2.75) is 13.5 Å². The molecule has 4 rings (SSSR count). The topological polar surface area (TPSA) is 121 Å². The highest BCUT2D eigenvalue weighted by Crippen LogP contribution is 2.30. The summed E-state index contributed by atoms with van der Waals surface area (Å²) in [5, 5.41) is 0.642. The van der Waals surface area contributed by atoms with Crippen molar-refractivity contribution in [3.05, 3.63) is 41.6 Å². The van der Waals surface area contributed by atoms with Crippen LogP contribution in [0.15, 0.2) is 36.5 Å². The minimum atomic E-state index is 0.172. The quantitative estimate of drug-likeness (QED) is 0.571. The fourth-order valence-corrected chi connectivity index (χ4v) is 2.95. The van der Waals surface area contributed by atoms with Crippen LogP contribution in [0.2, 0.25) is 5.02 Å². The molecule has 1 aromatic carbocycles. The maximum absolute atomic E-state index is 5.99. The zero-order chi connectivity index (χ0) is 18.3. The number of fused-ring (bicyclic) bond motifs is 1. The van der Waals surface area contributed by atoms with E-state index in [1.165, 1.54) is 0 Å². The molecule has 130 valence electrons. The van der Waals surface area contributed by atoms with Gasteiger partial charge in [0.05, 0.1) is 0 Å². The number of nitrogen functional groups attached to an aromatic ring is 2. The Morgan fingerprint density at radius 3 is 2.42 bits per heavy atom. The highest BCUT2D eigenvalue weighted by Gasteiger charge is 2.19. The second-order valence-electron chi connectivity index (χ2n) is 5.59. The lowest BCUT2D eigenvalue weighted by atomic mass is 10.1. The molecule has 3 aromatic heterocycles. The molecule has 26 heavy (non-hydrogen) atoms. The Labute approximate surface area is 153 Å². The maximum atomic E-state index is 5.99. The number of halogens is 1. The van der Waals surface area contributed by atoms with Gasteiger partial charge in [0.2, 0.25) is 11.9 Å². The summed E-state index contributed by atoms with van der Waals surface area (Å²) >= 11 is 5.99. The summed E-state index contributed by atoms with van der Waals surface area (Å²) in [7, 11) is 0. The monoisotopic (exact) mass is 366 g/mol. The van der Waals surface area contributed by atoms with Crippen LogP contribution >= 0.6 is 11.6 Å². The molecule has 0 spiro atoms. The van der Waals surface area contributed by atoms with Crippen molar-refractivity contribution in [2.75, 3.05) is 11.5 Å². The zero-order valence-electron chi connectivity index (χ0n) is 13.9. The number of nitrogens with two attached hydrogens (primary N) is 2. The summed E-state index contributed by atoms with van der Waals surface area (Å²) in [6.45, 7) is 2.63. The van der Waals surface area contributed by atoms with Gasteiger partial charge in [-0.2, -0.15) is 4.98 Å². The number of aryl methyl sites for hydroxylation is 1. The fourth-order valence-electron chi connectivity index (χ4n) is 2.82. The smallest absolute Gasteiger partial charge is 0.222 e. The largest absolute Gasteiger partial charge is 0.368 e. The summed E-state index contributed by atoms with van der Waals surface area (Å²) in [4.78, 5) is 21.7. The molecule has 0 radical (unpaired) electrons. The number of benzene rings is 1. The van der Waals surface area contributed by atoms with E-state index in [1.54, 1.807) is 24.4 Å². The van der Waals surface area contributed by atoms with Gasteiger partial charge in [-0.25, -0.2) is 19.9 Å². The van der Waals surface area contributed by atoms with E-state index in [0.29, 0.717) is 39.9 Å². The van der Waals surface area contributed by atoms with Crippen LogP contribution in [0.3, 0.4) is 0 Å². The number of rotatable bonds is 3. The maximum Gasteiger partial charge on any atom is 0.222 e. The second-order valence-corrected chi connectivity index (χ2v) is 6.03. The van der Waals surface area contributed by atoms with Crippen molar-refractivity contribution in [3.63, 3.8) is 0 Å². The Bertz CT molecular complexity index is 1100. The first-order valence-electron chi connectivity index (χ1n) is 7.95. The van der Waals surface area contributed by atoms with Crippen molar-refractivity contribution >= 4 is 34.7 Å². The first kappa shape index (κ1) is 16.2. The molecule has 8 nitrogen and oxygen atoms in total. The molecule has 0 bridgehead atoms. The number of anilines is 2. The lowest BCUT2D eigenvalue weighted by Crippen LogP contribution is -2.04. The molecule has 0 aliphatic rings. The molecule has 0 atom stereocenters. The summed E-state index contributed by atoms with van der Waals surface area (Å²) < 4.78 is 1.93. The van der Waals surface area contributed by atoms with Crippen LogP contribution in [0.25, 0.3) is 33.9 Å². The molecule has 0 aliphatic carbocycles. The molecule has 0 saturated carbocycles. The second kappa shape index (κ2) is 6.23. The number of hydrogen-bond donors (Lipinski definition) is 2. The summed E-state index contributed by atoms with van der Waals surface area (Å²) in [5.41, 5.74) is 15.0. The van der Waals surface area contributed by atoms with Gasteiger partial charge in [-0.05, 0) is 25.1 Å². The van der Waals surface area contributed by atoms with Crippen LogP contribution in [-0.4, -0.2) is 29.5 Å². The van der Waals surface area contributed by atoms with Gasteiger partial charge < -0.3 is 16.0 Å². The molecule has 0 fully saturated rings. The number of hydrogen-bond acceptors (Lipinski definition) is 7. The van der Waals surface area contributed by atoms with Crippen LogP contribution in [0.1, 0.15) is 6.92 Å². The van der Waals surface area contributed by atoms with Gasteiger partial charge in [0.15, 0.2) is 11.5 Å². The molecule has 0 unspecified atom stereocenters. The number of imidazole rings is 1. The average molecular weight is 367 g/mol. The van der Waals surface area contributed by atoms with E-state index in [0.717, 1.165) is 5.56 Å². The van der Waals surface area contributed by atoms with Crippen molar-refractivity contribution in [1.29, 1.82) is 0 Å². The van der Waals surface area contributed by atoms with Crippen LogP contribution in [0.4, 0.5) is 11.9 Å². The van der Waals surface area contributed by atoms with E-state index >= 15 is 0 Å². The van der Waals surface area contributed by atoms with Gasteiger partial charge in [0, 0.05) is 23.3 Å². The third-order valence-corrected chi connectivity index (χ3v) is 4.20. The molecule has 0 saturated heterocycles. The van der Waals surface area contributed by atoms with E-state index in [-0.39, 0.29) is 11.9 Å². The van der Waals surface area contributed by atoms with Gasteiger partial charge in [-0.1, -0.05) is 23.7 Å². The van der Waals surface area contributed by atoms with Crippen molar-refractivity contribution in [3.8, 4) is 22.8 Å². The van der Waals surface area contributed by atoms with Gasteiger partial charge in [-0.3, -0.25) is 0 Å². The number of nitrogens with zero attached hydrogens (tertiary/aromatic N) is 6. The first-order valence-corrected chi connectivity index (χ1v) is 8.33. The molecule has 9 heteroatoms. The van der Waals surface area contributed by atoms with Gasteiger partial charge in [0.1, 0.15) is 16.9 Å². The van der Waals surface area contributed by atoms with Crippen LogP contribution in [0.5, 0.6) is 0 Å². The van der Waals surface area contributed by atoms with E-state index in [2.05, 4.69) is 19.9 Å². The van der Waals surface area contributed by atoms with Crippen LogP contribution < -0.4 is 11.5 Å². The van der Waals surface area contributed by atoms with Crippen molar-refractivity contribution in [1.82, 2.24) is 29.5 Å². The lowest BCUT2D eigenvalue weighted by Gasteiger charge is -2.06. The number of aromatic nitrogens is 6. The third kappa shape index (κ3) is 2.70. The molecular formula is C17H15ClN8. The van der Waals surface area contributed by atoms with E-state index in [1.807, 2.05) is 23.6 Å². The normalized spacial score (nSPS) is 11.2. The third-order valence-electron chi connectivity index (χ3n) is 3.95. The predicted molar refractivity (Wildman–Crippen MR) is 101 cm³/mol. The predicted octanol–water partition coefficient (Wildman–Crippen LogP) is 2.79. The average Bonchev–Trinajstić information content (AvgIpc) is 3.00. The first-order chi connectivity index (χ1) is 12.6. The van der Waals surface area contributed by atoms with Crippen molar-refractivity contribution in [2.24, 2.45) is 0 Å². The van der Waals surface area contributed by atoms with Crippen molar-refractivity contribution < 1.29 is 0 Å². The minimum Gasteiger partial charge on any atom is -0.368 e. The summed E-state index contributed by atoms with van der Waals surface area (Å²) in [6.07, 6.45) is 1.59.